The van der Waals surface area contributed by atoms with Crippen LogP contribution < -0.4 is 5.32 Å². The first kappa shape index (κ1) is 20.7. The molecule has 1 unspecified atom stereocenters. The van der Waals surface area contributed by atoms with Crippen LogP contribution in [0, 0.1) is 0 Å². The van der Waals surface area contributed by atoms with Gasteiger partial charge >= 0.3 is 5.76 Å². The lowest BCUT2D eigenvalue weighted by atomic mass is 10.0. The van der Waals surface area contributed by atoms with Crippen LogP contribution in [0.2, 0.25) is 5.02 Å². The monoisotopic (exact) mass is 428 g/mol. The average Bonchev–Trinajstić information content (AvgIpc) is 3.10. The third kappa shape index (κ3) is 4.34. The molecule has 1 aliphatic rings. The van der Waals surface area contributed by atoms with Gasteiger partial charge in [-0.15, -0.1) is 0 Å². The van der Waals surface area contributed by atoms with Gasteiger partial charge < -0.3 is 5.32 Å². The molecule has 1 atom stereocenters. The Hall–Kier alpha value is -2.03. The molecular weight excluding hydrogens is 410 g/mol. The Morgan fingerprint density at radius 2 is 1.86 bits per heavy atom. The fourth-order valence-corrected chi connectivity index (χ4v) is 4.55. The van der Waals surface area contributed by atoms with Gasteiger partial charge in [0.25, 0.3) is 0 Å². The quantitative estimate of drug-likeness (QED) is 0.751. The molecule has 1 fully saturated rings. The first-order valence-corrected chi connectivity index (χ1v) is 10.6. The molecule has 150 valence electrons. The maximum atomic E-state index is 12.9. The Bertz CT molecular complexity index is 969. The average molecular weight is 429 g/mol. The summed E-state index contributed by atoms with van der Waals surface area (Å²) in [6.07, 6.45) is 1.73. The summed E-state index contributed by atoms with van der Waals surface area (Å²) in [5.41, 5.74) is 0.774. The van der Waals surface area contributed by atoms with Crippen LogP contribution in [0.4, 0.5) is 14.5 Å². The van der Waals surface area contributed by atoms with Crippen molar-refractivity contribution < 1.29 is 22.0 Å². The second-order valence-electron chi connectivity index (χ2n) is 6.50. The summed E-state index contributed by atoms with van der Waals surface area (Å²) in [4.78, 5) is 13.9. The van der Waals surface area contributed by atoms with Crippen molar-refractivity contribution in [3.63, 3.8) is 0 Å². The number of halogens is 3. The van der Waals surface area contributed by atoms with Gasteiger partial charge in [0.05, 0.1) is 17.1 Å². The van der Waals surface area contributed by atoms with Crippen molar-refractivity contribution in [2.75, 3.05) is 18.4 Å². The second kappa shape index (κ2) is 8.55. The van der Waals surface area contributed by atoms with E-state index in [9.17, 15) is 22.0 Å². The number of hydrogen-bond acceptors (Lipinski definition) is 4. The van der Waals surface area contributed by atoms with Crippen LogP contribution in [-0.4, -0.2) is 38.1 Å². The SMILES string of the molecule is O=C(CN1CCCC1c1ccccc1Cl)Nc1ccccc1S(=O)(=O)C(F)F. The van der Waals surface area contributed by atoms with Gasteiger partial charge in [-0.25, -0.2) is 8.42 Å². The predicted octanol–water partition coefficient (Wildman–Crippen LogP) is 4.11. The van der Waals surface area contributed by atoms with Crippen LogP contribution in [0.15, 0.2) is 53.4 Å². The Morgan fingerprint density at radius 1 is 1.18 bits per heavy atom. The summed E-state index contributed by atoms with van der Waals surface area (Å²) >= 11 is 6.27. The minimum absolute atomic E-state index is 0.00104. The summed E-state index contributed by atoms with van der Waals surface area (Å²) in [6.45, 7) is 0.680. The van der Waals surface area contributed by atoms with E-state index in [0.717, 1.165) is 24.5 Å². The normalized spacial score (nSPS) is 17.8. The molecule has 0 radical (unpaired) electrons. The van der Waals surface area contributed by atoms with Gasteiger partial charge in [0, 0.05) is 11.1 Å². The van der Waals surface area contributed by atoms with Gasteiger partial charge in [-0.1, -0.05) is 41.9 Å². The summed E-state index contributed by atoms with van der Waals surface area (Å²) in [5, 5.41) is 3.08. The van der Waals surface area contributed by atoms with Crippen LogP contribution >= 0.6 is 11.6 Å². The van der Waals surface area contributed by atoms with Gasteiger partial charge in [0.1, 0.15) is 0 Å². The number of amides is 1. The van der Waals surface area contributed by atoms with Crippen molar-refractivity contribution in [2.45, 2.75) is 29.5 Å². The zero-order valence-electron chi connectivity index (χ0n) is 14.8. The van der Waals surface area contributed by atoms with Crippen molar-refractivity contribution in [1.82, 2.24) is 4.90 Å². The first-order valence-electron chi connectivity index (χ1n) is 8.70. The third-order valence-electron chi connectivity index (χ3n) is 4.68. The number of hydrogen-bond donors (Lipinski definition) is 1. The smallest absolute Gasteiger partial charge is 0.324 e. The Labute approximate surface area is 167 Å². The Kier molecular flexibility index (Phi) is 6.32. The number of likely N-dealkylation sites (tertiary alicyclic amines) is 1. The van der Waals surface area contributed by atoms with E-state index in [4.69, 9.17) is 11.6 Å². The highest BCUT2D eigenvalue weighted by molar-refractivity contribution is 7.91. The molecule has 2 aromatic carbocycles. The minimum atomic E-state index is -4.82. The molecule has 1 aliphatic heterocycles. The molecule has 1 heterocycles. The van der Waals surface area contributed by atoms with E-state index in [1.54, 1.807) is 6.07 Å². The number of benzene rings is 2. The van der Waals surface area contributed by atoms with E-state index < -0.39 is 26.4 Å². The second-order valence-corrected chi connectivity index (χ2v) is 8.79. The molecule has 1 saturated heterocycles. The molecule has 3 rings (SSSR count). The number of nitrogens with one attached hydrogen (secondary N) is 1. The lowest BCUT2D eigenvalue weighted by Crippen LogP contribution is -2.33. The molecule has 0 aliphatic carbocycles. The number of para-hydroxylation sites is 1. The van der Waals surface area contributed by atoms with Crippen LogP contribution in [-0.2, 0) is 14.6 Å². The lowest BCUT2D eigenvalue weighted by molar-refractivity contribution is -0.117. The summed E-state index contributed by atoms with van der Waals surface area (Å²) in [7, 11) is -4.82. The molecule has 1 N–H and O–H groups in total. The zero-order chi connectivity index (χ0) is 20.3. The molecule has 0 aromatic heterocycles. The first-order chi connectivity index (χ1) is 13.3. The molecule has 9 heteroatoms. The van der Waals surface area contributed by atoms with E-state index in [1.165, 1.54) is 18.2 Å². The van der Waals surface area contributed by atoms with Crippen LogP contribution in [0.3, 0.4) is 0 Å². The van der Waals surface area contributed by atoms with Gasteiger partial charge in [0.2, 0.25) is 15.7 Å². The number of rotatable bonds is 6. The van der Waals surface area contributed by atoms with Gasteiger partial charge in [0.15, 0.2) is 0 Å². The summed E-state index contributed by atoms with van der Waals surface area (Å²) < 4.78 is 49.5. The van der Waals surface area contributed by atoms with Gasteiger partial charge in [-0.2, -0.15) is 8.78 Å². The van der Waals surface area contributed by atoms with Gasteiger partial charge in [-0.05, 0) is 43.1 Å². The predicted molar refractivity (Wildman–Crippen MR) is 103 cm³/mol. The molecule has 0 spiro atoms. The van der Waals surface area contributed by atoms with Gasteiger partial charge in [-0.3, -0.25) is 9.69 Å². The number of anilines is 1. The summed E-state index contributed by atoms with van der Waals surface area (Å²) in [6, 6.07) is 12.5. The largest absolute Gasteiger partial charge is 0.341 e. The zero-order valence-corrected chi connectivity index (χ0v) is 16.4. The summed E-state index contributed by atoms with van der Waals surface area (Å²) in [5.74, 6) is -4.04. The van der Waals surface area contributed by atoms with Crippen molar-refractivity contribution in [1.29, 1.82) is 0 Å². The number of nitrogens with zero attached hydrogens (tertiary/aromatic N) is 1. The van der Waals surface area contributed by atoms with E-state index in [-0.39, 0.29) is 18.3 Å². The van der Waals surface area contributed by atoms with Crippen LogP contribution in [0.1, 0.15) is 24.4 Å². The fourth-order valence-electron chi connectivity index (χ4n) is 3.40. The van der Waals surface area contributed by atoms with Crippen molar-refractivity contribution in [3.8, 4) is 0 Å². The molecular formula is C19H19ClF2N2O3S. The number of carbonyl (C=O) groups is 1. The van der Waals surface area contributed by atoms with Crippen molar-refractivity contribution >= 4 is 33.0 Å². The van der Waals surface area contributed by atoms with E-state index in [0.29, 0.717) is 11.6 Å². The van der Waals surface area contributed by atoms with E-state index in [1.807, 2.05) is 23.1 Å². The highest BCUT2D eigenvalue weighted by Crippen LogP contribution is 2.35. The maximum absolute atomic E-state index is 12.9. The highest BCUT2D eigenvalue weighted by Gasteiger charge is 2.31. The maximum Gasteiger partial charge on any atom is 0.341 e. The number of alkyl halides is 2. The highest BCUT2D eigenvalue weighted by atomic mass is 35.5. The lowest BCUT2D eigenvalue weighted by Gasteiger charge is -2.25. The molecule has 2 aromatic rings. The number of carbonyl (C=O) groups excluding carboxylic acids is 1. The topological polar surface area (TPSA) is 66.5 Å². The number of sulfone groups is 1. The molecule has 0 saturated carbocycles. The Morgan fingerprint density at radius 3 is 2.57 bits per heavy atom. The van der Waals surface area contributed by atoms with Crippen LogP contribution in [0.25, 0.3) is 0 Å². The van der Waals surface area contributed by atoms with Crippen LogP contribution in [0.5, 0.6) is 0 Å². The van der Waals surface area contributed by atoms with Crippen molar-refractivity contribution in [2.24, 2.45) is 0 Å². The fraction of sp³-hybridized carbons (Fsp3) is 0.316. The van der Waals surface area contributed by atoms with E-state index in [2.05, 4.69) is 5.32 Å². The Balaban J connectivity index is 1.76. The molecule has 0 bridgehead atoms. The minimum Gasteiger partial charge on any atom is -0.324 e. The standard InChI is InChI=1S/C19H19ClF2N2O3S/c20-14-7-2-1-6-13(14)16-9-5-11-24(16)12-18(25)23-15-8-3-4-10-17(15)28(26,27)19(21)22/h1-4,6-8,10,16,19H,5,9,11-12H2,(H,23,25). The third-order valence-corrected chi connectivity index (χ3v) is 6.46. The van der Waals surface area contributed by atoms with Crippen molar-refractivity contribution in [3.05, 3.63) is 59.1 Å². The molecule has 1 amide bonds. The van der Waals surface area contributed by atoms with E-state index >= 15 is 0 Å². The molecule has 28 heavy (non-hydrogen) atoms. The molecule has 5 nitrogen and oxygen atoms in total.